The maximum Gasteiger partial charge on any atom is 0.132 e. The number of hydrogen-bond acceptors (Lipinski definition) is 6. The number of nitrogens with zero attached hydrogens (tertiary/aromatic N) is 3. The second-order valence-electron chi connectivity index (χ2n) is 4.24. The zero-order chi connectivity index (χ0) is 12.8. The van der Waals surface area contributed by atoms with Crippen molar-refractivity contribution in [2.24, 2.45) is 0 Å². The Morgan fingerprint density at radius 3 is 2.67 bits per heavy atom. The predicted molar refractivity (Wildman–Crippen MR) is 66.3 cm³/mol. The fraction of sp³-hybridized carbons (Fsp3) is 0.667. The molecule has 6 nitrogen and oxygen atoms in total. The fourth-order valence-corrected chi connectivity index (χ4v) is 2.10. The van der Waals surface area contributed by atoms with Crippen LogP contribution in [0, 0.1) is 0 Å². The van der Waals surface area contributed by atoms with Crippen LogP contribution >= 0.6 is 0 Å². The molecule has 2 rings (SSSR count). The molecule has 1 saturated heterocycles. The standard InChI is InChI=1S/C12H19N3O3/c16-5-3-15(4-6-17)12-8-10(13-9-14-12)11-2-1-7-18-11/h8-9,11,16-17H,1-7H2. The van der Waals surface area contributed by atoms with Crippen molar-refractivity contribution in [3.05, 3.63) is 18.1 Å². The second kappa shape index (κ2) is 6.63. The van der Waals surface area contributed by atoms with Gasteiger partial charge in [0.15, 0.2) is 0 Å². The van der Waals surface area contributed by atoms with Gasteiger partial charge in [-0.3, -0.25) is 0 Å². The maximum absolute atomic E-state index is 9.01. The average molecular weight is 253 g/mol. The summed E-state index contributed by atoms with van der Waals surface area (Å²) in [6, 6.07) is 1.88. The molecule has 1 unspecified atom stereocenters. The van der Waals surface area contributed by atoms with Crippen molar-refractivity contribution in [3.8, 4) is 0 Å². The highest BCUT2D eigenvalue weighted by atomic mass is 16.5. The number of rotatable bonds is 6. The van der Waals surface area contributed by atoms with E-state index in [0.29, 0.717) is 13.1 Å². The van der Waals surface area contributed by atoms with Crippen LogP contribution in [-0.2, 0) is 4.74 Å². The summed E-state index contributed by atoms with van der Waals surface area (Å²) >= 11 is 0. The van der Waals surface area contributed by atoms with Crippen LogP contribution in [-0.4, -0.2) is 53.1 Å². The van der Waals surface area contributed by atoms with Gasteiger partial charge in [-0.2, -0.15) is 0 Å². The lowest BCUT2D eigenvalue weighted by Crippen LogP contribution is -2.30. The van der Waals surface area contributed by atoms with E-state index in [9.17, 15) is 0 Å². The molecule has 100 valence electrons. The summed E-state index contributed by atoms with van der Waals surface area (Å²) in [5.74, 6) is 0.721. The van der Waals surface area contributed by atoms with Crippen LogP contribution in [0.1, 0.15) is 24.6 Å². The molecule has 6 heteroatoms. The lowest BCUT2D eigenvalue weighted by atomic mass is 10.2. The lowest BCUT2D eigenvalue weighted by molar-refractivity contribution is 0.108. The molecule has 0 radical (unpaired) electrons. The normalized spacial score (nSPS) is 19.1. The van der Waals surface area contributed by atoms with Crippen LogP contribution in [0.4, 0.5) is 5.82 Å². The van der Waals surface area contributed by atoms with Crippen molar-refractivity contribution < 1.29 is 14.9 Å². The first kappa shape index (κ1) is 13.2. The lowest BCUT2D eigenvalue weighted by Gasteiger charge is -2.22. The average Bonchev–Trinajstić information content (AvgIpc) is 2.93. The minimum absolute atomic E-state index is 0.0270. The van der Waals surface area contributed by atoms with Crippen molar-refractivity contribution in [2.75, 3.05) is 37.8 Å². The van der Waals surface area contributed by atoms with Crippen molar-refractivity contribution in [2.45, 2.75) is 18.9 Å². The minimum atomic E-state index is 0.0270. The van der Waals surface area contributed by atoms with Gasteiger partial charge in [-0.05, 0) is 12.8 Å². The Labute approximate surface area is 106 Å². The highest BCUT2D eigenvalue weighted by Gasteiger charge is 2.20. The van der Waals surface area contributed by atoms with E-state index < -0.39 is 0 Å². The molecular weight excluding hydrogens is 234 g/mol. The van der Waals surface area contributed by atoms with E-state index in [-0.39, 0.29) is 19.3 Å². The largest absolute Gasteiger partial charge is 0.395 e. The topological polar surface area (TPSA) is 78.7 Å². The number of aromatic nitrogens is 2. The molecular formula is C12H19N3O3. The summed E-state index contributed by atoms with van der Waals surface area (Å²) < 4.78 is 5.59. The van der Waals surface area contributed by atoms with E-state index >= 15 is 0 Å². The molecule has 1 atom stereocenters. The molecule has 2 N–H and O–H groups in total. The van der Waals surface area contributed by atoms with Gasteiger partial charge in [0.05, 0.1) is 25.0 Å². The van der Waals surface area contributed by atoms with Gasteiger partial charge in [0.1, 0.15) is 12.1 Å². The fourth-order valence-electron chi connectivity index (χ4n) is 2.10. The summed E-state index contributed by atoms with van der Waals surface area (Å²) in [6.45, 7) is 1.73. The van der Waals surface area contributed by atoms with Gasteiger partial charge in [0.25, 0.3) is 0 Å². The van der Waals surface area contributed by atoms with Crippen LogP contribution < -0.4 is 4.90 Å². The Balaban J connectivity index is 2.13. The smallest absolute Gasteiger partial charge is 0.132 e. The molecule has 0 amide bonds. The first-order chi connectivity index (χ1) is 8.85. The van der Waals surface area contributed by atoms with Gasteiger partial charge < -0.3 is 19.8 Å². The van der Waals surface area contributed by atoms with Crippen molar-refractivity contribution in [1.82, 2.24) is 9.97 Å². The first-order valence-corrected chi connectivity index (χ1v) is 6.25. The minimum Gasteiger partial charge on any atom is -0.395 e. The van der Waals surface area contributed by atoms with E-state index in [0.717, 1.165) is 31.0 Å². The van der Waals surface area contributed by atoms with Gasteiger partial charge in [-0.25, -0.2) is 9.97 Å². The van der Waals surface area contributed by atoms with Gasteiger partial charge in [0, 0.05) is 25.8 Å². The highest BCUT2D eigenvalue weighted by Crippen LogP contribution is 2.28. The predicted octanol–water partition coefficient (Wildman–Crippen LogP) is 0.119. The van der Waals surface area contributed by atoms with Crippen LogP contribution in [0.5, 0.6) is 0 Å². The van der Waals surface area contributed by atoms with Gasteiger partial charge in [-0.1, -0.05) is 0 Å². The third kappa shape index (κ3) is 3.16. The maximum atomic E-state index is 9.01. The van der Waals surface area contributed by atoms with Crippen molar-refractivity contribution in [1.29, 1.82) is 0 Å². The van der Waals surface area contributed by atoms with Crippen molar-refractivity contribution >= 4 is 5.82 Å². The van der Waals surface area contributed by atoms with Crippen LogP contribution in [0.25, 0.3) is 0 Å². The Morgan fingerprint density at radius 1 is 1.28 bits per heavy atom. The Hall–Kier alpha value is -1.24. The van der Waals surface area contributed by atoms with E-state index in [1.54, 1.807) is 0 Å². The van der Waals surface area contributed by atoms with Crippen molar-refractivity contribution in [3.63, 3.8) is 0 Å². The van der Waals surface area contributed by atoms with E-state index in [1.165, 1.54) is 6.33 Å². The Bertz CT molecular complexity index is 363. The second-order valence-corrected chi connectivity index (χ2v) is 4.24. The molecule has 1 fully saturated rings. The third-order valence-corrected chi connectivity index (χ3v) is 3.00. The molecule has 1 aromatic rings. The molecule has 0 aliphatic carbocycles. The SMILES string of the molecule is OCCN(CCO)c1cc(C2CCCO2)ncn1. The molecule has 0 bridgehead atoms. The zero-order valence-electron chi connectivity index (χ0n) is 10.3. The van der Waals surface area contributed by atoms with Gasteiger partial charge >= 0.3 is 0 Å². The van der Waals surface area contributed by atoms with Crippen LogP contribution in [0.15, 0.2) is 12.4 Å². The Kier molecular flexibility index (Phi) is 4.86. The highest BCUT2D eigenvalue weighted by molar-refractivity contribution is 5.39. The quantitative estimate of drug-likeness (QED) is 0.749. The molecule has 2 heterocycles. The van der Waals surface area contributed by atoms with Gasteiger partial charge in [0.2, 0.25) is 0 Å². The van der Waals surface area contributed by atoms with E-state index in [2.05, 4.69) is 9.97 Å². The summed E-state index contributed by atoms with van der Waals surface area (Å²) in [5.41, 5.74) is 0.873. The van der Waals surface area contributed by atoms with E-state index in [1.807, 2.05) is 11.0 Å². The van der Waals surface area contributed by atoms with Gasteiger partial charge in [-0.15, -0.1) is 0 Å². The van der Waals surface area contributed by atoms with Crippen LogP contribution in [0.3, 0.4) is 0 Å². The molecule has 1 aliphatic rings. The molecule has 18 heavy (non-hydrogen) atoms. The molecule has 0 saturated carbocycles. The summed E-state index contributed by atoms with van der Waals surface area (Å²) in [5, 5.41) is 18.0. The van der Waals surface area contributed by atoms with E-state index in [4.69, 9.17) is 14.9 Å². The number of aliphatic hydroxyl groups excluding tert-OH is 2. The third-order valence-electron chi connectivity index (χ3n) is 3.00. The number of anilines is 1. The molecule has 0 aromatic carbocycles. The molecule has 1 aromatic heterocycles. The summed E-state index contributed by atoms with van der Waals surface area (Å²) in [4.78, 5) is 10.3. The first-order valence-electron chi connectivity index (χ1n) is 6.25. The summed E-state index contributed by atoms with van der Waals surface area (Å²) in [6.07, 6.45) is 3.60. The molecule has 0 spiro atoms. The monoisotopic (exact) mass is 253 g/mol. The number of hydrogen-bond donors (Lipinski definition) is 2. The summed E-state index contributed by atoms with van der Waals surface area (Å²) in [7, 11) is 0. The van der Waals surface area contributed by atoms with Crippen LogP contribution in [0.2, 0.25) is 0 Å². The Morgan fingerprint density at radius 2 is 2.06 bits per heavy atom. The number of aliphatic hydroxyl groups is 2. The zero-order valence-corrected chi connectivity index (χ0v) is 10.3. The number of ether oxygens (including phenoxy) is 1. The molecule has 1 aliphatic heterocycles.